The molecule has 0 saturated heterocycles. The Kier molecular flexibility index (Phi) is 3.17. The van der Waals surface area contributed by atoms with E-state index in [0.29, 0.717) is 0 Å². The molecular formula is C16H22O3. The number of benzene rings is 1. The highest BCUT2D eigenvalue weighted by molar-refractivity contribution is 5.58. The quantitative estimate of drug-likeness (QED) is 0.890. The zero-order valence-electron chi connectivity index (χ0n) is 11.8. The van der Waals surface area contributed by atoms with Gasteiger partial charge in [-0.1, -0.05) is 13.8 Å². The molecule has 0 spiro atoms. The summed E-state index contributed by atoms with van der Waals surface area (Å²) in [4.78, 5) is 0. The van der Waals surface area contributed by atoms with Gasteiger partial charge in [0.1, 0.15) is 11.5 Å². The van der Waals surface area contributed by atoms with Crippen molar-refractivity contribution < 1.29 is 14.6 Å². The molecule has 3 nitrogen and oxygen atoms in total. The van der Waals surface area contributed by atoms with Crippen molar-refractivity contribution >= 4 is 0 Å². The highest BCUT2D eigenvalue weighted by Crippen LogP contribution is 2.45. The molecule has 1 aromatic rings. The van der Waals surface area contributed by atoms with Crippen LogP contribution >= 0.6 is 0 Å². The average Bonchev–Trinajstić information content (AvgIpc) is 2.44. The van der Waals surface area contributed by atoms with Crippen LogP contribution in [0.5, 0.6) is 11.5 Å². The second-order valence-electron chi connectivity index (χ2n) is 6.16. The molecule has 0 aromatic heterocycles. The fourth-order valence-corrected chi connectivity index (χ4v) is 3.12. The Bertz CT molecular complexity index is 457. The summed E-state index contributed by atoms with van der Waals surface area (Å²) in [6.07, 6.45) is 4.16. The molecule has 0 atom stereocenters. The van der Waals surface area contributed by atoms with Gasteiger partial charge in [0, 0.05) is 16.5 Å². The number of rotatable bonds is 2. The topological polar surface area (TPSA) is 38.7 Å². The lowest BCUT2D eigenvalue weighted by molar-refractivity contribution is 0.204. The van der Waals surface area contributed by atoms with Crippen molar-refractivity contribution in [1.29, 1.82) is 0 Å². The van der Waals surface area contributed by atoms with Gasteiger partial charge in [-0.3, -0.25) is 0 Å². The Morgan fingerprint density at radius 3 is 2.68 bits per heavy atom. The first-order chi connectivity index (χ1) is 9.13. The van der Waals surface area contributed by atoms with Gasteiger partial charge in [0.2, 0.25) is 0 Å². The summed E-state index contributed by atoms with van der Waals surface area (Å²) in [7, 11) is 0. The molecule has 2 aliphatic rings. The summed E-state index contributed by atoms with van der Waals surface area (Å²) in [5, 5.41) is 9.75. The van der Waals surface area contributed by atoms with E-state index in [9.17, 15) is 5.11 Å². The van der Waals surface area contributed by atoms with E-state index in [1.54, 1.807) is 0 Å². The minimum Gasteiger partial charge on any atom is -0.493 e. The first kappa shape index (κ1) is 12.8. The number of aryl methyl sites for hydroxylation is 1. The van der Waals surface area contributed by atoms with Crippen LogP contribution in [0.3, 0.4) is 0 Å². The number of aliphatic hydroxyl groups excluding tert-OH is 1. The largest absolute Gasteiger partial charge is 0.493 e. The third-order valence-electron chi connectivity index (χ3n) is 4.16. The maximum atomic E-state index is 9.75. The molecule has 0 radical (unpaired) electrons. The van der Waals surface area contributed by atoms with Crippen molar-refractivity contribution in [2.45, 2.75) is 44.9 Å². The first-order valence-electron chi connectivity index (χ1n) is 7.19. The number of ether oxygens (including phenoxy) is 2. The average molecular weight is 262 g/mol. The minimum atomic E-state index is -0.284. The van der Waals surface area contributed by atoms with Crippen LogP contribution in [0.25, 0.3) is 0 Å². The van der Waals surface area contributed by atoms with Gasteiger partial charge in [0.05, 0.1) is 19.8 Å². The lowest BCUT2D eigenvalue weighted by atomic mass is 9.78. The molecule has 3 heteroatoms. The Hall–Kier alpha value is -1.22. The van der Waals surface area contributed by atoms with E-state index in [2.05, 4.69) is 19.9 Å². The van der Waals surface area contributed by atoms with Crippen LogP contribution in [0.15, 0.2) is 6.07 Å². The molecule has 104 valence electrons. The summed E-state index contributed by atoms with van der Waals surface area (Å²) in [6.45, 7) is 5.86. The summed E-state index contributed by atoms with van der Waals surface area (Å²) in [6, 6.07) is 2.15. The van der Waals surface area contributed by atoms with Crippen LogP contribution in [-0.4, -0.2) is 24.9 Å². The van der Waals surface area contributed by atoms with Gasteiger partial charge in [-0.2, -0.15) is 0 Å². The minimum absolute atomic E-state index is 0.124. The normalized spacial score (nSPS) is 18.1. The molecular weight excluding hydrogens is 240 g/mol. The van der Waals surface area contributed by atoms with Gasteiger partial charge in [0.25, 0.3) is 0 Å². The fourth-order valence-electron chi connectivity index (χ4n) is 3.12. The predicted molar refractivity (Wildman–Crippen MR) is 74.2 cm³/mol. The summed E-state index contributed by atoms with van der Waals surface area (Å²) in [5.74, 6) is 2.02. The molecule has 2 heterocycles. The summed E-state index contributed by atoms with van der Waals surface area (Å²) < 4.78 is 11.8. The highest BCUT2D eigenvalue weighted by Gasteiger charge is 2.33. The SMILES string of the molecule is CC(C)(CO)c1c2c(cc3c1OCCC3)OCCC2. The van der Waals surface area contributed by atoms with Crippen LogP contribution < -0.4 is 9.47 Å². The summed E-state index contributed by atoms with van der Waals surface area (Å²) >= 11 is 0. The van der Waals surface area contributed by atoms with Gasteiger partial charge < -0.3 is 14.6 Å². The lowest BCUT2D eigenvalue weighted by Gasteiger charge is -2.34. The van der Waals surface area contributed by atoms with Crippen molar-refractivity contribution in [3.63, 3.8) is 0 Å². The Balaban J connectivity index is 2.23. The molecule has 0 aliphatic carbocycles. The number of hydrogen-bond acceptors (Lipinski definition) is 3. The molecule has 19 heavy (non-hydrogen) atoms. The van der Waals surface area contributed by atoms with E-state index < -0.39 is 0 Å². The van der Waals surface area contributed by atoms with Gasteiger partial charge in [-0.15, -0.1) is 0 Å². The third-order valence-corrected chi connectivity index (χ3v) is 4.16. The monoisotopic (exact) mass is 262 g/mol. The van der Waals surface area contributed by atoms with Gasteiger partial charge in [0.15, 0.2) is 0 Å². The highest BCUT2D eigenvalue weighted by atomic mass is 16.5. The molecule has 0 amide bonds. The van der Waals surface area contributed by atoms with E-state index in [0.717, 1.165) is 50.4 Å². The Morgan fingerprint density at radius 1 is 1.16 bits per heavy atom. The van der Waals surface area contributed by atoms with Crippen molar-refractivity contribution in [2.75, 3.05) is 19.8 Å². The van der Waals surface area contributed by atoms with E-state index in [1.807, 2.05) is 0 Å². The van der Waals surface area contributed by atoms with E-state index >= 15 is 0 Å². The van der Waals surface area contributed by atoms with Crippen LogP contribution in [0, 0.1) is 0 Å². The molecule has 0 unspecified atom stereocenters. The molecule has 0 fully saturated rings. The Morgan fingerprint density at radius 2 is 1.89 bits per heavy atom. The zero-order chi connectivity index (χ0) is 13.5. The zero-order valence-corrected chi connectivity index (χ0v) is 11.8. The number of aliphatic hydroxyl groups is 1. The van der Waals surface area contributed by atoms with Crippen molar-refractivity contribution in [3.05, 3.63) is 22.8 Å². The smallest absolute Gasteiger partial charge is 0.126 e. The molecule has 2 aliphatic heterocycles. The van der Waals surface area contributed by atoms with Crippen LogP contribution in [-0.2, 0) is 18.3 Å². The van der Waals surface area contributed by atoms with Crippen molar-refractivity contribution in [1.82, 2.24) is 0 Å². The van der Waals surface area contributed by atoms with Gasteiger partial charge >= 0.3 is 0 Å². The van der Waals surface area contributed by atoms with Crippen molar-refractivity contribution in [2.24, 2.45) is 0 Å². The van der Waals surface area contributed by atoms with Gasteiger partial charge in [-0.05, 0) is 37.3 Å². The maximum absolute atomic E-state index is 9.75. The molecule has 0 saturated carbocycles. The number of hydrogen-bond donors (Lipinski definition) is 1. The van der Waals surface area contributed by atoms with Gasteiger partial charge in [-0.25, -0.2) is 0 Å². The van der Waals surface area contributed by atoms with E-state index in [1.165, 1.54) is 16.7 Å². The molecule has 0 bridgehead atoms. The van der Waals surface area contributed by atoms with Crippen LogP contribution in [0.1, 0.15) is 43.4 Å². The van der Waals surface area contributed by atoms with E-state index in [4.69, 9.17) is 9.47 Å². The number of fused-ring (bicyclic) bond motifs is 2. The first-order valence-corrected chi connectivity index (χ1v) is 7.19. The van der Waals surface area contributed by atoms with Crippen LogP contribution in [0.4, 0.5) is 0 Å². The summed E-state index contributed by atoms with van der Waals surface area (Å²) in [5.41, 5.74) is 3.37. The fraction of sp³-hybridized carbons (Fsp3) is 0.625. The maximum Gasteiger partial charge on any atom is 0.126 e. The van der Waals surface area contributed by atoms with Crippen molar-refractivity contribution in [3.8, 4) is 11.5 Å². The lowest BCUT2D eigenvalue weighted by Crippen LogP contribution is -2.28. The Labute approximate surface area is 114 Å². The standard InChI is InChI=1S/C16H22O3/c1-16(2,10-17)14-12-6-4-7-18-13(12)9-11-5-3-8-19-15(11)14/h9,17H,3-8,10H2,1-2H3. The molecule has 3 rings (SSSR count). The van der Waals surface area contributed by atoms with Crippen LogP contribution in [0.2, 0.25) is 0 Å². The predicted octanol–water partition coefficient (Wildman–Crippen LogP) is 2.61. The van der Waals surface area contributed by atoms with E-state index in [-0.39, 0.29) is 12.0 Å². The molecule has 1 aromatic carbocycles. The second-order valence-corrected chi connectivity index (χ2v) is 6.16. The second kappa shape index (κ2) is 4.71. The third kappa shape index (κ3) is 2.10. The molecule has 1 N–H and O–H groups in total.